The summed E-state index contributed by atoms with van der Waals surface area (Å²) in [6.45, 7) is 3.80. The van der Waals surface area contributed by atoms with E-state index in [0.29, 0.717) is 16.9 Å². The summed E-state index contributed by atoms with van der Waals surface area (Å²) in [5.74, 6) is -1.33. The van der Waals surface area contributed by atoms with Gasteiger partial charge in [0.15, 0.2) is 5.82 Å². The Morgan fingerprint density at radius 1 is 1.19 bits per heavy atom. The van der Waals surface area contributed by atoms with Crippen molar-refractivity contribution in [2.45, 2.75) is 18.9 Å². The fraction of sp³-hybridized carbons (Fsp3) is 0.176. The van der Waals surface area contributed by atoms with E-state index in [2.05, 4.69) is 20.4 Å². The summed E-state index contributed by atoms with van der Waals surface area (Å²) in [5, 5.41) is 7.34. The number of carbonyl (C=O) groups excluding carboxylic acids is 1. The van der Waals surface area contributed by atoms with Crippen LogP contribution in [0.3, 0.4) is 0 Å². The van der Waals surface area contributed by atoms with Crippen molar-refractivity contribution in [1.29, 1.82) is 0 Å². The fourth-order valence-electron chi connectivity index (χ4n) is 2.30. The summed E-state index contributed by atoms with van der Waals surface area (Å²) in [6.07, 6.45) is 1.39. The summed E-state index contributed by atoms with van der Waals surface area (Å²) >= 11 is 1.18. The highest BCUT2D eigenvalue weighted by molar-refractivity contribution is 7.99. The van der Waals surface area contributed by atoms with Crippen LogP contribution in [-0.4, -0.2) is 31.4 Å². The van der Waals surface area contributed by atoms with Gasteiger partial charge in [0.05, 0.1) is 17.1 Å². The monoisotopic (exact) mass is 375 g/mol. The summed E-state index contributed by atoms with van der Waals surface area (Å²) in [5.41, 5.74) is 1.74. The van der Waals surface area contributed by atoms with Gasteiger partial charge in [-0.25, -0.2) is 23.4 Å². The number of carbonyl (C=O) groups is 1. The van der Waals surface area contributed by atoms with Crippen LogP contribution in [0, 0.1) is 25.5 Å². The Morgan fingerprint density at radius 2 is 2.00 bits per heavy atom. The lowest BCUT2D eigenvalue weighted by Gasteiger charge is -2.07. The third-order valence-electron chi connectivity index (χ3n) is 3.41. The molecular formula is C17H15F2N5OS. The van der Waals surface area contributed by atoms with Gasteiger partial charge < -0.3 is 5.32 Å². The second-order valence-electron chi connectivity index (χ2n) is 5.51. The van der Waals surface area contributed by atoms with Crippen molar-refractivity contribution in [2.24, 2.45) is 0 Å². The largest absolute Gasteiger partial charge is 0.323 e. The molecule has 9 heteroatoms. The molecule has 0 aliphatic heterocycles. The van der Waals surface area contributed by atoms with E-state index in [1.54, 1.807) is 10.7 Å². The predicted octanol–water partition coefficient (Wildman–Crippen LogP) is 3.29. The number of aryl methyl sites for hydroxylation is 2. The van der Waals surface area contributed by atoms with E-state index in [9.17, 15) is 13.6 Å². The lowest BCUT2D eigenvalue weighted by molar-refractivity contribution is -0.113. The van der Waals surface area contributed by atoms with Crippen LogP contribution in [-0.2, 0) is 4.79 Å². The molecule has 1 N–H and O–H groups in total. The molecule has 0 saturated carbocycles. The zero-order valence-electron chi connectivity index (χ0n) is 14.0. The molecule has 1 amide bonds. The maximum atomic E-state index is 13.6. The fourth-order valence-corrected chi connectivity index (χ4v) is 2.96. The number of halogens is 2. The van der Waals surface area contributed by atoms with Crippen LogP contribution in [0.5, 0.6) is 0 Å². The van der Waals surface area contributed by atoms with Gasteiger partial charge in [-0.3, -0.25) is 4.79 Å². The van der Waals surface area contributed by atoms with Crippen LogP contribution in [0.15, 0.2) is 41.7 Å². The van der Waals surface area contributed by atoms with Crippen LogP contribution in [0.1, 0.15) is 11.4 Å². The molecule has 2 heterocycles. The number of anilines is 1. The predicted molar refractivity (Wildman–Crippen MR) is 94.3 cm³/mol. The molecule has 0 fully saturated rings. The van der Waals surface area contributed by atoms with E-state index < -0.39 is 17.5 Å². The smallest absolute Gasteiger partial charge is 0.234 e. The van der Waals surface area contributed by atoms with E-state index in [0.717, 1.165) is 17.5 Å². The third kappa shape index (κ3) is 4.23. The first-order valence-electron chi connectivity index (χ1n) is 7.66. The minimum atomic E-state index is -0.822. The van der Waals surface area contributed by atoms with Gasteiger partial charge in [0.2, 0.25) is 5.91 Å². The summed E-state index contributed by atoms with van der Waals surface area (Å²) in [4.78, 5) is 20.3. The van der Waals surface area contributed by atoms with Crippen molar-refractivity contribution in [3.05, 3.63) is 59.7 Å². The second kappa shape index (κ2) is 7.61. The zero-order valence-corrected chi connectivity index (χ0v) is 14.8. The van der Waals surface area contributed by atoms with Crippen molar-refractivity contribution in [3.8, 4) is 5.82 Å². The van der Waals surface area contributed by atoms with Gasteiger partial charge in [0, 0.05) is 17.8 Å². The lowest BCUT2D eigenvalue weighted by Crippen LogP contribution is -2.15. The topological polar surface area (TPSA) is 72.7 Å². The Morgan fingerprint density at radius 3 is 2.69 bits per heavy atom. The van der Waals surface area contributed by atoms with Crippen LogP contribution in [0.4, 0.5) is 14.5 Å². The molecule has 0 saturated heterocycles. The molecule has 0 radical (unpaired) electrons. The first kappa shape index (κ1) is 18.0. The van der Waals surface area contributed by atoms with Gasteiger partial charge in [-0.05, 0) is 32.0 Å². The first-order chi connectivity index (χ1) is 12.4. The van der Waals surface area contributed by atoms with Crippen molar-refractivity contribution in [2.75, 3.05) is 11.1 Å². The molecule has 134 valence electrons. The van der Waals surface area contributed by atoms with Gasteiger partial charge in [0.1, 0.15) is 23.0 Å². The Balaban J connectivity index is 1.65. The summed E-state index contributed by atoms with van der Waals surface area (Å²) < 4.78 is 28.1. The number of thioether (sulfide) groups is 1. The molecule has 26 heavy (non-hydrogen) atoms. The van der Waals surface area contributed by atoms with Gasteiger partial charge in [-0.1, -0.05) is 11.8 Å². The number of nitrogens with one attached hydrogen (secondary N) is 1. The van der Waals surface area contributed by atoms with Crippen LogP contribution in [0.25, 0.3) is 5.82 Å². The second-order valence-corrected chi connectivity index (χ2v) is 6.51. The maximum Gasteiger partial charge on any atom is 0.234 e. The minimum absolute atomic E-state index is 0.0182. The molecule has 6 nitrogen and oxygen atoms in total. The molecule has 0 aliphatic rings. The van der Waals surface area contributed by atoms with Crippen LogP contribution < -0.4 is 5.32 Å². The molecule has 3 rings (SSSR count). The molecule has 2 aromatic heterocycles. The average molecular weight is 375 g/mol. The Labute approximate surface area is 152 Å². The normalized spacial score (nSPS) is 10.8. The van der Waals surface area contributed by atoms with Crippen molar-refractivity contribution in [3.63, 3.8) is 0 Å². The van der Waals surface area contributed by atoms with Crippen molar-refractivity contribution >= 4 is 23.4 Å². The highest BCUT2D eigenvalue weighted by Crippen LogP contribution is 2.19. The molecular weight excluding hydrogens is 360 g/mol. The quantitative estimate of drug-likeness (QED) is 0.547. The third-order valence-corrected chi connectivity index (χ3v) is 4.34. The highest BCUT2D eigenvalue weighted by Gasteiger charge is 2.11. The zero-order chi connectivity index (χ0) is 18.7. The van der Waals surface area contributed by atoms with Crippen LogP contribution >= 0.6 is 11.8 Å². The van der Waals surface area contributed by atoms with E-state index >= 15 is 0 Å². The van der Waals surface area contributed by atoms with Crippen molar-refractivity contribution < 1.29 is 13.6 Å². The maximum absolute atomic E-state index is 13.6. The minimum Gasteiger partial charge on any atom is -0.323 e. The lowest BCUT2D eigenvalue weighted by atomic mass is 10.3. The molecule has 1 aromatic carbocycles. The number of hydrogen-bond donors (Lipinski definition) is 1. The molecule has 0 aliphatic carbocycles. The molecule has 0 bridgehead atoms. The van der Waals surface area contributed by atoms with Gasteiger partial charge >= 0.3 is 0 Å². The Hall–Kier alpha value is -2.81. The Bertz CT molecular complexity index is 960. The molecule has 0 spiro atoms. The van der Waals surface area contributed by atoms with Gasteiger partial charge in [-0.2, -0.15) is 5.10 Å². The summed E-state index contributed by atoms with van der Waals surface area (Å²) in [6, 6.07) is 6.62. The number of hydrogen-bond acceptors (Lipinski definition) is 5. The molecule has 0 atom stereocenters. The molecule has 0 unspecified atom stereocenters. The van der Waals surface area contributed by atoms with E-state index in [4.69, 9.17) is 0 Å². The van der Waals surface area contributed by atoms with Crippen molar-refractivity contribution in [1.82, 2.24) is 19.7 Å². The van der Waals surface area contributed by atoms with Gasteiger partial charge in [-0.15, -0.1) is 0 Å². The number of nitrogens with zero attached hydrogens (tertiary/aromatic N) is 4. The highest BCUT2D eigenvalue weighted by atomic mass is 32.2. The number of amides is 1. The average Bonchev–Trinajstić information content (AvgIpc) is 2.94. The number of aromatic nitrogens is 4. The number of benzene rings is 1. The van der Waals surface area contributed by atoms with Gasteiger partial charge in [0.25, 0.3) is 0 Å². The summed E-state index contributed by atoms with van der Waals surface area (Å²) in [7, 11) is 0. The standard InChI is InChI=1S/C17H15F2N5OS/c1-10-5-11(2)24(23-10)15-7-17(21-9-20-15)26-8-16(25)22-14-4-3-12(18)6-13(14)19/h3-7,9H,8H2,1-2H3,(H,22,25). The Kier molecular flexibility index (Phi) is 5.27. The SMILES string of the molecule is Cc1cc(C)n(-c2cc(SCC(=O)Nc3ccc(F)cc3F)ncn2)n1. The first-order valence-corrected chi connectivity index (χ1v) is 8.64. The van der Waals surface area contributed by atoms with E-state index in [1.807, 2.05) is 19.9 Å². The van der Waals surface area contributed by atoms with Crippen LogP contribution in [0.2, 0.25) is 0 Å². The van der Waals surface area contributed by atoms with E-state index in [-0.39, 0.29) is 11.4 Å². The van der Waals surface area contributed by atoms with E-state index in [1.165, 1.54) is 24.2 Å². The number of rotatable bonds is 5. The molecule has 3 aromatic rings.